The van der Waals surface area contributed by atoms with Crippen LogP contribution in [-0.2, 0) is 52.3 Å². The van der Waals surface area contributed by atoms with E-state index in [0.717, 1.165) is 6.42 Å². The molecule has 58 heavy (non-hydrogen) atoms. The van der Waals surface area contributed by atoms with E-state index in [4.69, 9.17) is 0 Å². The maximum atomic E-state index is 3.50. The summed E-state index contributed by atoms with van der Waals surface area (Å²) in [5.41, 5.74) is 16.7. The average molecular weight is 891 g/mol. The van der Waals surface area contributed by atoms with Crippen LogP contribution in [-0.4, -0.2) is 4.21 Å². The molecule has 0 amide bonds. The summed E-state index contributed by atoms with van der Waals surface area (Å²) in [6, 6.07) is 31.9. The molecule has 0 N–H and O–H groups in total. The van der Waals surface area contributed by atoms with Crippen LogP contribution in [0.15, 0.2) is 96.6 Å². The van der Waals surface area contributed by atoms with Crippen LogP contribution in [0.4, 0.5) is 0 Å². The van der Waals surface area contributed by atoms with Crippen LogP contribution in [0, 0.1) is 35.6 Å². The van der Waals surface area contributed by atoms with E-state index < -0.39 is 0 Å². The van der Waals surface area contributed by atoms with Gasteiger partial charge in [0.25, 0.3) is 0 Å². The third kappa shape index (κ3) is 12.8. The predicted octanol–water partition coefficient (Wildman–Crippen LogP) is 15.4. The van der Waals surface area contributed by atoms with Gasteiger partial charge in [0.2, 0.25) is 0 Å². The fourth-order valence-electron chi connectivity index (χ4n) is 7.39. The van der Waals surface area contributed by atoms with Gasteiger partial charge in [-0.3, -0.25) is 12.2 Å². The van der Waals surface area contributed by atoms with Crippen molar-refractivity contribution in [3.63, 3.8) is 0 Å². The molecular weight excluding hydrogens is 823 g/mol. The van der Waals surface area contributed by atoms with Gasteiger partial charge in [-0.2, -0.15) is 89.0 Å². The maximum absolute atomic E-state index is 3.50. The summed E-state index contributed by atoms with van der Waals surface area (Å²) in [5.74, 6) is 0.573. The molecule has 0 bridgehead atoms. The van der Waals surface area contributed by atoms with Gasteiger partial charge in [-0.15, -0.1) is 36.4 Å². The van der Waals surface area contributed by atoms with Crippen molar-refractivity contribution in [1.29, 1.82) is 0 Å². The van der Waals surface area contributed by atoms with E-state index in [-0.39, 0.29) is 46.5 Å². The second-order valence-corrected chi connectivity index (χ2v) is 19.6. The third-order valence-electron chi connectivity index (χ3n) is 11.2. The minimum atomic E-state index is 0. The van der Waals surface area contributed by atoms with E-state index in [1.165, 1.54) is 91.9 Å². The molecule has 0 spiro atoms. The van der Waals surface area contributed by atoms with Crippen LogP contribution in [0.5, 0.6) is 0 Å². The van der Waals surface area contributed by atoms with Gasteiger partial charge in [0.1, 0.15) is 0 Å². The first-order valence-corrected chi connectivity index (χ1v) is 22.1. The molecule has 310 valence electrons. The monoisotopic (exact) mass is 888 g/mol. The summed E-state index contributed by atoms with van der Waals surface area (Å²) < 4.78 is 3.34. The molecule has 0 saturated heterocycles. The number of fused-ring (bicyclic) bond motifs is 5. The molecule has 4 aromatic carbocycles. The SMILES string of the molecule is CC(C)(C)c1cc[c-]cc1.CC(C)(C)c1cc[c-]cc1.CC1(C)[C-]=Cc2cc3c(cc21)Cc1cc2c(cc1-3)C=CC2(C)C.CCC1[C-]=CC(C(C)(C)C)=C1.Cl.Cl.[CH2]=[Zr]. The second-order valence-electron chi connectivity index (χ2n) is 19.6. The van der Waals surface area contributed by atoms with E-state index >= 15 is 0 Å². The normalized spacial score (nSPS) is 16.6. The Kier molecular flexibility index (Phi) is 18.2. The van der Waals surface area contributed by atoms with Crippen LogP contribution in [0.2, 0.25) is 0 Å². The molecule has 4 aromatic rings. The molecule has 0 radical (unpaired) electrons. The summed E-state index contributed by atoms with van der Waals surface area (Å²) in [6.07, 6.45) is 20.4. The third-order valence-corrected chi connectivity index (χ3v) is 11.2. The number of allylic oxidation sites excluding steroid dienone is 6. The van der Waals surface area contributed by atoms with Crippen LogP contribution in [0.3, 0.4) is 0 Å². The molecule has 0 nitrogen and oxygen atoms in total. The summed E-state index contributed by atoms with van der Waals surface area (Å²) in [4.78, 5) is 0. The van der Waals surface area contributed by atoms with Crippen molar-refractivity contribution in [3.05, 3.63) is 165 Å². The van der Waals surface area contributed by atoms with Crippen molar-refractivity contribution < 1.29 is 24.2 Å². The Labute approximate surface area is 382 Å². The van der Waals surface area contributed by atoms with E-state index in [1.54, 1.807) is 0 Å². The Bertz CT molecular complexity index is 1950. The first-order valence-electron chi connectivity index (χ1n) is 20.4. The van der Waals surface area contributed by atoms with E-state index in [0.29, 0.717) is 11.3 Å². The minimum absolute atomic E-state index is 0. The molecule has 1 atom stereocenters. The summed E-state index contributed by atoms with van der Waals surface area (Å²) in [6.45, 7) is 31.3. The van der Waals surface area contributed by atoms with Gasteiger partial charge in [-0.05, 0) is 56.7 Å². The van der Waals surface area contributed by atoms with Crippen LogP contribution in [0.25, 0.3) is 23.3 Å². The Morgan fingerprint density at radius 3 is 1.52 bits per heavy atom. The van der Waals surface area contributed by atoms with E-state index in [9.17, 15) is 0 Å². The number of rotatable bonds is 1. The van der Waals surface area contributed by atoms with Gasteiger partial charge in [-0.25, -0.2) is 12.2 Å². The van der Waals surface area contributed by atoms with Crippen molar-refractivity contribution in [2.24, 2.45) is 11.3 Å². The predicted molar refractivity (Wildman–Crippen MR) is 256 cm³/mol. The summed E-state index contributed by atoms with van der Waals surface area (Å²) in [7, 11) is 0. The zero-order chi connectivity index (χ0) is 41.7. The van der Waals surface area contributed by atoms with Gasteiger partial charge in [0.05, 0.1) is 0 Å². The van der Waals surface area contributed by atoms with Gasteiger partial charge in [0, 0.05) is 5.41 Å². The Morgan fingerprint density at radius 2 is 1.12 bits per heavy atom. The molecule has 0 heterocycles. The number of hydrogen-bond acceptors (Lipinski definition) is 0. The number of benzene rings is 4. The Hall–Kier alpha value is -2.83. The molecule has 4 aliphatic carbocycles. The standard InChI is InChI=1S/C23H21.C11H17.2C10H13.CH2.2ClH.Zr/c1-22(2)7-5-14-10-18-16(12-20(14)22)9-17-13-21-15(11-19(17)18)6-8-23(21,3)4;1-5-9-6-7-10(8-9)11(2,3)4;2*1-10(2,3)9-7-5-4-6-8-9;;;;/h5-7,10-13H,9H2,1-4H3;7-9H,5H2,1-4H3;2*5-8H,1-3H3;1H2;2*1H;/q4*-1;;;;. The van der Waals surface area contributed by atoms with Crippen molar-refractivity contribution in [2.45, 2.75) is 131 Å². The fraction of sp³-hybridized carbons (Fsp3) is 0.400. The first-order chi connectivity index (χ1) is 26.1. The zero-order valence-electron chi connectivity index (χ0n) is 37.8. The summed E-state index contributed by atoms with van der Waals surface area (Å²) in [5, 5.41) is 0. The Morgan fingerprint density at radius 1 is 0.655 bits per heavy atom. The number of hydrogen-bond donors (Lipinski definition) is 0. The average Bonchev–Trinajstić information content (AvgIpc) is 3.92. The van der Waals surface area contributed by atoms with Crippen molar-refractivity contribution in [3.8, 4) is 11.1 Å². The van der Waals surface area contributed by atoms with Crippen LogP contribution >= 0.6 is 24.8 Å². The molecule has 1 unspecified atom stereocenters. The van der Waals surface area contributed by atoms with Gasteiger partial charge in [-0.1, -0.05) is 144 Å². The molecule has 0 fully saturated rings. The van der Waals surface area contributed by atoms with E-state index in [2.05, 4.69) is 204 Å². The van der Waals surface area contributed by atoms with Crippen LogP contribution in [0.1, 0.15) is 148 Å². The zero-order valence-corrected chi connectivity index (χ0v) is 41.9. The van der Waals surface area contributed by atoms with Crippen molar-refractivity contribution in [2.75, 3.05) is 0 Å². The molecular formula is C55H68Cl2Zr-4. The van der Waals surface area contributed by atoms with E-state index in [1.807, 2.05) is 24.3 Å². The van der Waals surface area contributed by atoms with Gasteiger partial charge < -0.3 is 0 Å². The number of halogens is 2. The molecule has 0 aromatic heterocycles. The molecule has 8 rings (SSSR count). The van der Waals surface area contributed by atoms with Gasteiger partial charge in [0.15, 0.2) is 0 Å². The molecule has 3 heteroatoms. The second kappa shape index (κ2) is 20.6. The van der Waals surface area contributed by atoms with Crippen molar-refractivity contribution in [1.82, 2.24) is 0 Å². The quantitative estimate of drug-likeness (QED) is 0.147. The van der Waals surface area contributed by atoms with Crippen molar-refractivity contribution >= 4 is 41.2 Å². The Balaban J connectivity index is 0.000000283. The van der Waals surface area contributed by atoms with Gasteiger partial charge >= 0.3 is 28.4 Å². The first kappa shape index (κ1) is 51.3. The van der Waals surface area contributed by atoms with Crippen LogP contribution < -0.4 is 0 Å². The topological polar surface area (TPSA) is 0 Å². The molecule has 0 aliphatic heterocycles. The molecule has 4 aliphatic rings. The molecule has 0 saturated carbocycles. The summed E-state index contributed by atoms with van der Waals surface area (Å²) >= 11 is 1.30. The fourth-order valence-corrected chi connectivity index (χ4v) is 7.39.